The van der Waals surface area contributed by atoms with Gasteiger partial charge in [0.1, 0.15) is 5.40 Å². The summed E-state index contributed by atoms with van der Waals surface area (Å²) < 4.78 is 0. The zero-order chi connectivity index (χ0) is 8.65. The van der Waals surface area contributed by atoms with Gasteiger partial charge < -0.3 is 0 Å². The minimum Gasteiger partial charge on any atom is -0.265 e. The maximum atomic E-state index is 8.27. The number of thiocyanates is 1. The molecule has 2 nitrogen and oxygen atoms in total. The molecule has 12 heavy (non-hydrogen) atoms. The van der Waals surface area contributed by atoms with Crippen LogP contribution in [0.25, 0.3) is 0 Å². The van der Waals surface area contributed by atoms with Crippen molar-refractivity contribution in [3.8, 4) is 5.40 Å². The maximum Gasteiger partial charge on any atom is 0.133 e. The average Bonchev–Trinajstić information content (AvgIpc) is 2.14. The molecule has 0 bridgehead atoms. The van der Waals surface area contributed by atoms with E-state index in [4.69, 9.17) is 5.26 Å². The third kappa shape index (κ3) is 3.40. The van der Waals surface area contributed by atoms with Crippen molar-refractivity contribution < 1.29 is 0 Å². The number of thioether (sulfide) groups is 1. The molecule has 1 aromatic heterocycles. The van der Waals surface area contributed by atoms with Crippen molar-refractivity contribution in [2.75, 3.05) is 5.75 Å². The number of aryl methyl sites for hydroxylation is 1. The molecule has 0 atom stereocenters. The molecule has 0 saturated carbocycles. The van der Waals surface area contributed by atoms with Gasteiger partial charge in [-0.05, 0) is 42.3 Å². The lowest BCUT2D eigenvalue weighted by Gasteiger charge is -1.96. The van der Waals surface area contributed by atoms with Crippen LogP contribution < -0.4 is 0 Å². The molecule has 3 heteroatoms. The molecule has 0 amide bonds. The highest BCUT2D eigenvalue weighted by molar-refractivity contribution is 8.03. The molecule has 0 radical (unpaired) electrons. The van der Waals surface area contributed by atoms with Crippen molar-refractivity contribution >= 4 is 11.8 Å². The van der Waals surface area contributed by atoms with Crippen LogP contribution in [0.15, 0.2) is 24.5 Å². The van der Waals surface area contributed by atoms with Crippen molar-refractivity contribution in [1.82, 2.24) is 4.98 Å². The van der Waals surface area contributed by atoms with Gasteiger partial charge in [-0.3, -0.25) is 4.98 Å². The standard InChI is InChI=1S/C9H10N2S/c10-8-12-7-1-2-9-3-5-11-6-4-9/h3-6H,1-2,7H2. The van der Waals surface area contributed by atoms with Crippen molar-refractivity contribution in [1.29, 1.82) is 5.26 Å². The largest absolute Gasteiger partial charge is 0.265 e. The molecule has 1 aromatic rings. The van der Waals surface area contributed by atoms with Crippen molar-refractivity contribution in [3.05, 3.63) is 30.1 Å². The number of hydrogen-bond acceptors (Lipinski definition) is 3. The molecule has 0 saturated heterocycles. The van der Waals surface area contributed by atoms with Crippen LogP contribution in [0.3, 0.4) is 0 Å². The maximum absolute atomic E-state index is 8.27. The first-order valence-corrected chi connectivity index (χ1v) is 4.82. The van der Waals surface area contributed by atoms with E-state index in [1.165, 1.54) is 17.3 Å². The first-order chi connectivity index (χ1) is 5.93. The Morgan fingerprint density at radius 1 is 1.42 bits per heavy atom. The topological polar surface area (TPSA) is 36.7 Å². The summed E-state index contributed by atoms with van der Waals surface area (Å²) in [7, 11) is 0. The van der Waals surface area contributed by atoms with Gasteiger partial charge in [-0.15, -0.1) is 0 Å². The lowest BCUT2D eigenvalue weighted by Crippen LogP contribution is -1.86. The number of hydrogen-bond donors (Lipinski definition) is 0. The Balaban J connectivity index is 2.21. The Morgan fingerprint density at radius 2 is 2.17 bits per heavy atom. The van der Waals surface area contributed by atoms with Gasteiger partial charge in [-0.25, -0.2) is 0 Å². The van der Waals surface area contributed by atoms with Crippen LogP contribution >= 0.6 is 11.8 Å². The quantitative estimate of drug-likeness (QED) is 0.524. The van der Waals surface area contributed by atoms with Gasteiger partial charge in [-0.2, -0.15) is 5.26 Å². The second kappa shape index (κ2) is 5.62. The van der Waals surface area contributed by atoms with E-state index in [0.29, 0.717) is 0 Å². The van der Waals surface area contributed by atoms with Crippen LogP contribution in [-0.4, -0.2) is 10.7 Å². The molecule has 0 aliphatic rings. The fraction of sp³-hybridized carbons (Fsp3) is 0.333. The van der Waals surface area contributed by atoms with Crippen LogP contribution in [0.5, 0.6) is 0 Å². The van der Waals surface area contributed by atoms with Crippen LogP contribution in [0.1, 0.15) is 12.0 Å². The van der Waals surface area contributed by atoms with E-state index in [1.807, 2.05) is 12.1 Å². The van der Waals surface area contributed by atoms with E-state index in [1.54, 1.807) is 12.4 Å². The summed E-state index contributed by atoms with van der Waals surface area (Å²) >= 11 is 1.32. The van der Waals surface area contributed by atoms with Gasteiger partial charge in [0.05, 0.1) is 0 Å². The lowest BCUT2D eigenvalue weighted by atomic mass is 10.2. The SMILES string of the molecule is N#CSCCCc1ccncc1. The van der Waals surface area contributed by atoms with Gasteiger partial charge in [0.2, 0.25) is 0 Å². The van der Waals surface area contributed by atoms with Crippen LogP contribution in [0.2, 0.25) is 0 Å². The summed E-state index contributed by atoms with van der Waals surface area (Å²) in [6.45, 7) is 0. The Bertz CT molecular complexity index is 253. The van der Waals surface area contributed by atoms with E-state index in [-0.39, 0.29) is 0 Å². The number of nitriles is 1. The molecule has 62 valence electrons. The molecule has 0 fully saturated rings. The number of rotatable bonds is 4. The Labute approximate surface area is 76.6 Å². The van der Waals surface area contributed by atoms with Crippen LogP contribution in [0, 0.1) is 10.7 Å². The van der Waals surface area contributed by atoms with Gasteiger partial charge in [0, 0.05) is 18.1 Å². The summed E-state index contributed by atoms with van der Waals surface area (Å²) in [5, 5.41) is 10.3. The van der Waals surface area contributed by atoms with E-state index in [2.05, 4.69) is 10.4 Å². The molecular weight excluding hydrogens is 168 g/mol. The smallest absolute Gasteiger partial charge is 0.133 e. The predicted octanol–water partition coefficient (Wildman–Crippen LogP) is 2.23. The number of aromatic nitrogens is 1. The first kappa shape index (κ1) is 9.08. The fourth-order valence-corrected chi connectivity index (χ4v) is 1.32. The highest BCUT2D eigenvalue weighted by Crippen LogP contribution is 2.05. The minimum absolute atomic E-state index is 0.915. The summed E-state index contributed by atoms with van der Waals surface area (Å²) in [6.07, 6.45) is 5.69. The Kier molecular flexibility index (Phi) is 4.25. The molecule has 1 rings (SSSR count). The van der Waals surface area contributed by atoms with Crippen molar-refractivity contribution in [3.63, 3.8) is 0 Å². The normalized spacial score (nSPS) is 9.25. The van der Waals surface area contributed by atoms with E-state index in [0.717, 1.165) is 18.6 Å². The monoisotopic (exact) mass is 178 g/mol. The second-order valence-electron chi connectivity index (χ2n) is 2.40. The molecule has 0 aliphatic heterocycles. The van der Waals surface area contributed by atoms with Crippen molar-refractivity contribution in [2.24, 2.45) is 0 Å². The minimum atomic E-state index is 0.915. The zero-order valence-electron chi connectivity index (χ0n) is 6.73. The Hall–Kier alpha value is -1.01. The van der Waals surface area contributed by atoms with Crippen LogP contribution in [0.4, 0.5) is 0 Å². The second-order valence-corrected chi connectivity index (χ2v) is 3.28. The van der Waals surface area contributed by atoms with Gasteiger partial charge in [0.15, 0.2) is 0 Å². The van der Waals surface area contributed by atoms with Crippen LogP contribution in [-0.2, 0) is 6.42 Å². The lowest BCUT2D eigenvalue weighted by molar-refractivity contribution is 0.931. The Morgan fingerprint density at radius 3 is 2.83 bits per heavy atom. The van der Waals surface area contributed by atoms with E-state index >= 15 is 0 Å². The molecule has 1 heterocycles. The molecule has 0 aliphatic carbocycles. The summed E-state index contributed by atoms with van der Waals surface area (Å²) in [5.41, 5.74) is 1.29. The highest BCUT2D eigenvalue weighted by Gasteiger charge is 1.91. The third-order valence-corrected chi connectivity index (χ3v) is 2.15. The fourth-order valence-electron chi connectivity index (χ4n) is 0.944. The summed E-state index contributed by atoms with van der Waals surface area (Å²) in [5.74, 6) is 0.915. The van der Waals surface area contributed by atoms with Gasteiger partial charge in [0.25, 0.3) is 0 Å². The van der Waals surface area contributed by atoms with Crippen molar-refractivity contribution in [2.45, 2.75) is 12.8 Å². The molecule has 0 N–H and O–H groups in total. The molecule has 0 spiro atoms. The average molecular weight is 178 g/mol. The summed E-state index contributed by atoms with van der Waals surface area (Å²) in [6, 6.07) is 4.02. The highest BCUT2D eigenvalue weighted by atomic mass is 32.2. The number of pyridine rings is 1. The summed E-state index contributed by atoms with van der Waals surface area (Å²) in [4.78, 5) is 3.93. The molecular formula is C9H10N2S. The van der Waals surface area contributed by atoms with E-state index in [9.17, 15) is 0 Å². The first-order valence-electron chi connectivity index (χ1n) is 3.83. The van der Waals surface area contributed by atoms with Gasteiger partial charge >= 0.3 is 0 Å². The third-order valence-electron chi connectivity index (χ3n) is 1.53. The van der Waals surface area contributed by atoms with E-state index < -0.39 is 0 Å². The number of nitrogens with zero attached hydrogens (tertiary/aromatic N) is 2. The van der Waals surface area contributed by atoms with Gasteiger partial charge in [-0.1, -0.05) is 0 Å². The zero-order valence-corrected chi connectivity index (χ0v) is 7.55. The molecule has 0 unspecified atom stereocenters. The predicted molar refractivity (Wildman–Crippen MR) is 50.6 cm³/mol. The molecule has 0 aromatic carbocycles.